The van der Waals surface area contributed by atoms with Crippen LogP contribution in [0.15, 0.2) is 64.5 Å². The van der Waals surface area contributed by atoms with Crippen molar-refractivity contribution in [3.63, 3.8) is 0 Å². The minimum atomic E-state index is -0.459. The Balaban J connectivity index is 1.71. The maximum absolute atomic E-state index is 12.5. The molecule has 0 radical (unpaired) electrons. The number of carbonyl (C=O) groups excluding carboxylic acids is 1. The van der Waals surface area contributed by atoms with Crippen molar-refractivity contribution in [2.75, 3.05) is 12.4 Å². The lowest BCUT2D eigenvalue weighted by atomic mass is 10.2. The highest BCUT2D eigenvalue weighted by Gasteiger charge is 2.20. The van der Waals surface area contributed by atoms with Gasteiger partial charge in [0.25, 0.3) is 0 Å². The molecular formula is C19H20N4O3S. The van der Waals surface area contributed by atoms with Gasteiger partial charge in [0.15, 0.2) is 5.16 Å². The highest BCUT2D eigenvalue weighted by Crippen LogP contribution is 2.26. The fourth-order valence-corrected chi connectivity index (χ4v) is 3.35. The van der Waals surface area contributed by atoms with Crippen LogP contribution >= 0.6 is 11.8 Å². The van der Waals surface area contributed by atoms with Gasteiger partial charge in [0.05, 0.1) is 24.6 Å². The van der Waals surface area contributed by atoms with Crippen molar-refractivity contribution in [3.05, 3.63) is 70.6 Å². The summed E-state index contributed by atoms with van der Waals surface area (Å²) in [6.45, 7) is 2.15. The molecule has 0 unspecified atom stereocenters. The number of aromatic nitrogens is 3. The summed E-state index contributed by atoms with van der Waals surface area (Å²) >= 11 is 1.22. The molecule has 3 aromatic rings. The third-order valence-corrected chi connectivity index (χ3v) is 5.01. The molecule has 3 rings (SSSR count). The van der Waals surface area contributed by atoms with Gasteiger partial charge in [-0.3, -0.25) is 9.36 Å². The number of thioether (sulfide) groups is 1. The van der Waals surface area contributed by atoms with E-state index in [9.17, 15) is 9.59 Å². The Bertz CT molecular complexity index is 968. The molecule has 140 valence electrons. The molecule has 0 saturated heterocycles. The highest BCUT2D eigenvalue weighted by molar-refractivity contribution is 8.00. The van der Waals surface area contributed by atoms with Crippen molar-refractivity contribution in [2.24, 2.45) is 0 Å². The van der Waals surface area contributed by atoms with Gasteiger partial charge in [-0.2, -0.15) is 0 Å². The van der Waals surface area contributed by atoms with Crippen LogP contribution < -0.4 is 15.7 Å². The van der Waals surface area contributed by atoms with Crippen LogP contribution in [0.3, 0.4) is 0 Å². The van der Waals surface area contributed by atoms with Crippen molar-refractivity contribution in [2.45, 2.75) is 23.9 Å². The quantitative estimate of drug-likeness (QED) is 0.612. The van der Waals surface area contributed by atoms with Crippen molar-refractivity contribution in [1.29, 1.82) is 0 Å². The molecule has 0 fully saturated rings. The van der Waals surface area contributed by atoms with Crippen molar-refractivity contribution >= 4 is 23.4 Å². The van der Waals surface area contributed by atoms with Gasteiger partial charge >= 0.3 is 5.69 Å². The standard InChI is InChI=1S/C19H20N4O3S/c1-13(17(24)20-15-10-6-7-11-16(15)26-2)27-19-22-21-18(25)23(19)12-14-8-4-3-5-9-14/h3-11,13H,12H2,1-2H3,(H,20,24)(H,21,25)/t13-/m1/s1. The van der Waals surface area contributed by atoms with Gasteiger partial charge in [-0.15, -0.1) is 5.10 Å². The monoisotopic (exact) mass is 384 g/mol. The van der Waals surface area contributed by atoms with E-state index in [1.807, 2.05) is 42.5 Å². The van der Waals surface area contributed by atoms with Crippen LogP contribution in [0.1, 0.15) is 12.5 Å². The second-order valence-electron chi connectivity index (χ2n) is 5.83. The van der Waals surface area contributed by atoms with E-state index in [4.69, 9.17) is 4.74 Å². The summed E-state index contributed by atoms with van der Waals surface area (Å²) in [6, 6.07) is 16.8. The molecule has 1 aromatic heterocycles. The molecule has 1 heterocycles. The van der Waals surface area contributed by atoms with Gasteiger partial charge in [-0.25, -0.2) is 9.89 Å². The third kappa shape index (κ3) is 4.59. The number of benzene rings is 2. The van der Waals surface area contributed by atoms with E-state index in [0.717, 1.165) is 5.56 Å². The summed E-state index contributed by atoms with van der Waals surface area (Å²) in [5.41, 5.74) is 1.27. The Kier molecular flexibility index (Phi) is 5.97. The van der Waals surface area contributed by atoms with Crippen LogP contribution in [0.25, 0.3) is 0 Å². The summed E-state index contributed by atoms with van der Waals surface area (Å²) in [6.07, 6.45) is 0. The summed E-state index contributed by atoms with van der Waals surface area (Å²) in [4.78, 5) is 24.6. The molecule has 0 bridgehead atoms. The van der Waals surface area contributed by atoms with Crippen LogP contribution in [0.4, 0.5) is 5.69 Å². The maximum Gasteiger partial charge on any atom is 0.344 e. The number of H-pyrrole nitrogens is 1. The zero-order valence-electron chi connectivity index (χ0n) is 15.0. The first kappa shape index (κ1) is 18.8. The van der Waals surface area contributed by atoms with Crippen LogP contribution in [0, 0.1) is 0 Å². The predicted molar refractivity (Wildman–Crippen MR) is 105 cm³/mol. The molecule has 0 saturated carbocycles. The van der Waals surface area contributed by atoms with Gasteiger partial charge in [0, 0.05) is 0 Å². The molecule has 0 aliphatic rings. The minimum Gasteiger partial charge on any atom is -0.495 e. The second-order valence-corrected chi connectivity index (χ2v) is 7.14. The first-order valence-electron chi connectivity index (χ1n) is 8.38. The molecule has 0 aliphatic heterocycles. The second kappa shape index (κ2) is 8.59. The number of hydrogen-bond acceptors (Lipinski definition) is 5. The van der Waals surface area contributed by atoms with Gasteiger partial charge in [-0.05, 0) is 24.6 Å². The van der Waals surface area contributed by atoms with Gasteiger partial charge < -0.3 is 10.1 Å². The summed E-state index contributed by atoms with van der Waals surface area (Å²) in [5, 5.41) is 9.37. The Hall–Kier alpha value is -3.00. The van der Waals surface area contributed by atoms with Crippen LogP contribution in [-0.4, -0.2) is 33.0 Å². The fourth-order valence-electron chi connectivity index (χ4n) is 2.49. The number of rotatable bonds is 7. The average molecular weight is 384 g/mol. The third-order valence-electron chi connectivity index (χ3n) is 3.92. The largest absolute Gasteiger partial charge is 0.495 e. The normalized spacial score (nSPS) is 11.8. The Morgan fingerprint density at radius 2 is 1.93 bits per heavy atom. The average Bonchev–Trinajstić information content (AvgIpc) is 3.02. The molecule has 7 nitrogen and oxygen atoms in total. The van der Waals surface area contributed by atoms with E-state index in [1.165, 1.54) is 16.3 Å². The molecule has 0 spiro atoms. The van der Waals surface area contributed by atoms with Crippen LogP contribution in [-0.2, 0) is 11.3 Å². The summed E-state index contributed by atoms with van der Waals surface area (Å²) < 4.78 is 6.77. The number of aromatic amines is 1. The van der Waals surface area contributed by atoms with E-state index in [0.29, 0.717) is 23.1 Å². The first-order valence-corrected chi connectivity index (χ1v) is 9.26. The van der Waals surface area contributed by atoms with Crippen molar-refractivity contribution in [3.8, 4) is 5.75 Å². The number of amides is 1. The van der Waals surface area contributed by atoms with E-state index in [1.54, 1.807) is 26.2 Å². The lowest BCUT2D eigenvalue weighted by Crippen LogP contribution is -2.24. The molecular weight excluding hydrogens is 364 g/mol. The molecule has 2 aromatic carbocycles. The molecule has 27 heavy (non-hydrogen) atoms. The SMILES string of the molecule is COc1ccccc1NC(=O)[C@@H](C)Sc1n[nH]c(=O)n1Cc1ccccc1. The minimum absolute atomic E-state index is 0.203. The molecule has 2 N–H and O–H groups in total. The zero-order chi connectivity index (χ0) is 19.2. The number of para-hydroxylation sites is 2. The van der Waals surface area contributed by atoms with Crippen molar-refractivity contribution < 1.29 is 9.53 Å². The maximum atomic E-state index is 12.5. The summed E-state index contributed by atoms with van der Waals surface area (Å²) in [5.74, 6) is 0.384. The smallest absolute Gasteiger partial charge is 0.344 e. The topological polar surface area (TPSA) is 89.0 Å². The molecule has 1 atom stereocenters. The lowest BCUT2D eigenvalue weighted by Gasteiger charge is -2.14. The highest BCUT2D eigenvalue weighted by atomic mass is 32.2. The number of ether oxygens (including phenoxy) is 1. The van der Waals surface area contributed by atoms with Gasteiger partial charge in [0.2, 0.25) is 5.91 Å². The number of anilines is 1. The number of nitrogens with one attached hydrogen (secondary N) is 2. The van der Waals surface area contributed by atoms with Gasteiger partial charge in [-0.1, -0.05) is 54.2 Å². The van der Waals surface area contributed by atoms with Crippen LogP contribution in [0.2, 0.25) is 0 Å². The number of hydrogen-bond donors (Lipinski definition) is 2. The molecule has 1 amide bonds. The van der Waals surface area contributed by atoms with E-state index in [-0.39, 0.29) is 11.6 Å². The number of carbonyl (C=O) groups is 1. The molecule has 0 aliphatic carbocycles. The predicted octanol–water partition coefficient (Wildman–Crippen LogP) is 2.75. The van der Waals surface area contributed by atoms with E-state index < -0.39 is 5.25 Å². The zero-order valence-corrected chi connectivity index (χ0v) is 15.8. The number of nitrogens with zero attached hydrogens (tertiary/aromatic N) is 2. The van der Waals surface area contributed by atoms with Gasteiger partial charge in [0.1, 0.15) is 5.75 Å². The van der Waals surface area contributed by atoms with E-state index >= 15 is 0 Å². The fraction of sp³-hybridized carbons (Fsp3) is 0.211. The first-order chi connectivity index (χ1) is 13.1. The molecule has 8 heteroatoms. The number of methoxy groups -OCH3 is 1. The van der Waals surface area contributed by atoms with E-state index in [2.05, 4.69) is 15.5 Å². The lowest BCUT2D eigenvalue weighted by molar-refractivity contribution is -0.115. The van der Waals surface area contributed by atoms with Crippen LogP contribution in [0.5, 0.6) is 5.75 Å². The Morgan fingerprint density at radius 1 is 1.22 bits per heavy atom. The Morgan fingerprint density at radius 3 is 2.67 bits per heavy atom. The van der Waals surface area contributed by atoms with Crippen molar-refractivity contribution in [1.82, 2.24) is 14.8 Å². The summed E-state index contributed by atoms with van der Waals surface area (Å²) in [7, 11) is 1.55. The Labute approximate surface area is 160 Å².